The fraction of sp³-hybridized carbons (Fsp3) is 0.625. The van der Waals surface area contributed by atoms with Crippen LogP contribution >= 0.6 is 0 Å². The van der Waals surface area contributed by atoms with Gasteiger partial charge in [0.1, 0.15) is 0 Å². The Bertz CT molecular complexity index is 213. The lowest BCUT2D eigenvalue weighted by Crippen LogP contribution is -2.38. The molecule has 1 aromatic heterocycles. The predicted octanol–water partition coefficient (Wildman–Crippen LogP) is 0.179. The molecule has 0 aliphatic carbocycles. The zero-order chi connectivity index (χ0) is 8.23. The quantitative estimate of drug-likeness (QED) is 0.658. The van der Waals surface area contributed by atoms with E-state index in [1.165, 1.54) is 12.8 Å². The molecule has 0 radical (unpaired) electrons. The van der Waals surface area contributed by atoms with Crippen LogP contribution in [0, 0.1) is 0 Å². The fourth-order valence-corrected chi connectivity index (χ4v) is 1.48. The summed E-state index contributed by atoms with van der Waals surface area (Å²) in [4.78, 5) is 1.79. The van der Waals surface area contributed by atoms with Gasteiger partial charge in [-0.25, -0.2) is 0 Å². The Morgan fingerprint density at radius 2 is 2.25 bits per heavy atom. The largest absolute Gasteiger partial charge is 0.317 e. The molecule has 0 bridgehead atoms. The van der Waals surface area contributed by atoms with Gasteiger partial charge >= 0.3 is 0 Å². The highest BCUT2D eigenvalue weighted by molar-refractivity contribution is 4.88. The standard InChI is InChI=1S/C8H14N4/c1-4-10-12(7-1)11-8-2-5-9-6-3-8/h1,4,7-9,11H,2-3,5-6H2. The minimum absolute atomic E-state index is 0.575. The average Bonchev–Trinajstić information content (AvgIpc) is 2.59. The zero-order valence-electron chi connectivity index (χ0n) is 7.03. The second kappa shape index (κ2) is 3.58. The van der Waals surface area contributed by atoms with Gasteiger partial charge in [-0.1, -0.05) is 0 Å². The van der Waals surface area contributed by atoms with E-state index in [9.17, 15) is 0 Å². The number of nitrogens with zero attached hydrogens (tertiary/aromatic N) is 2. The molecule has 4 nitrogen and oxygen atoms in total. The Morgan fingerprint density at radius 3 is 2.92 bits per heavy atom. The minimum Gasteiger partial charge on any atom is -0.317 e. The van der Waals surface area contributed by atoms with E-state index in [1.54, 1.807) is 11.0 Å². The maximum Gasteiger partial charge on any atom is 0.0510 e. The van der Waals surface area contributed by atoms with Crippen molar-refractivity contribution in [1.82, 2.24) is 15.2 Å². The molecule has 0 saturated carbocycles. The summed E-state index contributed by atoms with van der Waals surface area (Å²) in [5.74, 6) is 0. The second-order valence-corrected chi connectivity index (χ2v) is 3.10. The SMILES string of the molecule is c1cnn(NC2CCNCC2)c1. The number of aromatic nitrogens is 2. The number of nitrogens with one attached hydrogen (secondary N) is 2. The van der Waals surface area contributed by atoms with Gasteiger partial charge in [-0.3, -0.25) is 0 Å². The summed E-state index contributed by atoms with van der Waals surface area (Å²) in [7, 11) is 0. The second-order valence-electron chi connectivity index (χ2n) is 3.10. The van der Waals surface area contributed by atoms with E-state index in [0.29, 0.717) is 6.04 Å². The average molecular weight is 166 g/mol. The first-order valence-electron chi connectivity index (χ1n) is 4.42. The van der Waals surface area contributed by atoms with Crippen LogP contribution in [0.25, 0.3) is 0 Å². The molecule has 66 valence electrons. The van der Waals surface area contributed by atoms with Crippen molar-refractivity contribution in [2.24, 2.45) is 0 Å². The van der Waals surface area contributed by atoms with Crippen LogP contribution < -0.4 is 10.7 Å². The van der Waals surface area contributed by atoms with E-state index in [1.807, 2.05) is 12.3 Å². The third-order valence-corrected chi connectivity index (χ3v) is 2.16. The highest BCUT2D eigenvalue weighted by atomic mass is 15.6. The molecule has 4 heteroatoms. The molecule has 0 unspecified atom stereocenters. The fourth-order valence-electron chi connectivity index (χ4n) is 1.48. The summed E-state index contributed by atoms with van der Waals surface area (Å²) in [6.45, 7) is 2.22. The number of rotatable bonds is 2. The van der Waals surface area contributed by atoms with Gasteiger partial charge in [0.05, 0.1) is 6.20 Å². The molecule has 0 atom stereocenters. The molecule has 0 aromatic carbocycles. The summed E-state index contributed by atoms with van der Waals surface area (Å²) in [6, 6.07) is 2.50. The number of hydrogen-bond acceptors (Lipinski definition) is 3. The maximum atomic E-state index is 4.10. The van der Waals surface area contributed by atoms with Gasteiger partial charge in [-0.05, 0) is 32.0 Å². The van der Waals surface area contributed by atoms with E-state index in [4.69, 9.17) is 0 Å². The zero-order valence-corrected chi connectivity index (χ0v) is 7.03. The summed E-state index contributed by atoms with van der Waals surface area (Å²) >= 11 is 0. The van der Waals surface area contributed by atoms with Gasteiger partial charge in [0, 0.05) is 12.2 Å². The molecule has 0 amide bonds. The Kier molecular flexibility index (Phi) is 2.27. The van der Waals surface area contributed by atoms with Crippen LogP contribution in [0.4, 0.5) is 0 Å². The van der Waals surface area contributed by atoms with E-state index in [2.05, 4.69) is 15.8 Å². The summed E-state index contributed by atoms with van der Waals surface area (Å²) in [5.41, 5.74) is 3.33. The van der Waals surface area contributed by atoms with Crippen molar-refractivity contribution in [1.29, 1.82) is 0 Å². The van der Waals surface area contributed by atoms with Gasteiger partial charge in [-0.2, -0.15) is 9.89 Å². The molecule has 1 aromatic rings. The lowest BCUT2D eigenvalue weighted by atomic mass is 10.1. The van der Waals surface area contributed by atoms with Gasteiger partial charge in [0.2, 0.25) is 0 Å². The van der Waals surface area contributed by atoms with Crippen LogP contribution in [0.3, 0.4) is 0 Å². The first-order chi connectivity index (χ1) is 5.95. The van der Waals surface area contributed by atoms with Crippen LogP contribution in [0.5, 0.6) is 0 Å². The summed E-state index contributed by atoms with van der Waals surface area (Å²) in [5, 5.41) is 7.42. The van der Waals surface area contributed by atoms with Crippen molar-refractivity contribution in [3.63, 3.8) is 0 Å². The highest BCUT2D eigenvalue weighted by Gasteiger charge is 2.11. The number of piperidine rings is 1. The van der Waals surface area contributed by atoms with E-state index in [-0.39, 0.29) is 0 Å². The third kappa shape index (κ3) is 1.76. The Labute approximate surface area is 71.9 Å². The molecule has 2 heterocycles. The first-order valence-corrected chi connectivity index (χ1v) is 4.42. The molecule has 2 rings (SSSR count). The monoisotopic (exact) mass is 166 g/mol. The Balaban J connectivity index is 1.86. The van der Waals surface area contributed by atoms with E-state index < -0.39 is 0 Å². The molecule has 1 aliphatic heterocycles. The van der Waals surface area contributed by atoms with Crippen LogP contribution in [0.15, 0.2) is 18.5 Å². The van der Waals surface area contributed by atoms with Crippen molar-refractivity contribution in [2.75, 3.05) is 18.5 Å². The van der Waals surface area contributed by atoms with Crippen molar-refractivity contribution < 1.29 is 0 Å². The van der Waals surface area contributed by atoms with Crippen molar-refractivity contribution >= 4 is 0 Å². The van der Waals surface area contributed by atoms with Crippen LogP contribution in [-0.4, -0.2) is 29.0 Å². The highest BCUT2D eigenvalue weighted by Crippen LogP contribution is 2.02. The number of hydrogen-bond donors (Lipinski definition) is 2. The Morgan fingerprint density at radius 1 is 1.42 bits per heavy atom. The van der Waals surface area contributed by atoms with Crippen molar-refractivity contribution in [3.05, 3.63) is 18.5 Å². The summed E-state index contributed by atoms with van der Waals surface area (Å²) in [6.07, 6.45) is 6.08. The van der Waals surface area contributed by atoms with Crippen molar-refractivity contribution in [3.8, 4) is 0 Å². The molecule has 1 saturated heterocycles. The van der Waals surface area contributed by atoms with Crippen LogP contribution in [0.2, 0.25) is 0 Å². The smallest absolute Gasteiger partial charge is 0.0510 e. The van der Waals surface area contributed by atoms with E-state index in [0.717, 1.165) is 13.1 Å². The third-order valence-electron chi connectivity index (χ3n) is 2.16. The van der Waals surface area contributed by atoms with Gasteiger partial charge in [0.15, 0.2) is 0 Å². The van der Waals surface area contributed by atoms with Crippen LogP contribution in [0.1, 0.15) is 12.8 Å². The maximum absolute atomic E-state index is 4.10. The summed E-state index contributed by atoms with van der Waals surface area (Å²) < 4.78 is 0. The molecule has 12 heavy (non-hydrogen) atoms. The molecular weight excluding hydrogens is 152 g/mol. The Hall–Kier alpha value is -1.03. The van der Waals surface area contributed by atoms with Gasteiger partial charge < -0.3 is 10.7 Å². The molecule has 0 spiro atoms. The topological polar surface area (TPSA) is 41.9 Å². The molecule has 1 fully saturated rings. The van der Waals surface area contributed by atoms with Crippen molar-refractivity contribution in [2.45, 2.75) is 18.9 Å². The normalized spacial score (nSPS) is 19.3. The van der Waals surface area contributed by atoms with Gasteiger partial charge in [-0.15, -0.1) is 0 Å². The molecular formula is C8H14N4. The minimum atomic E-state index is 0.575. The molecule has 1 aliphatic rings. The lowest BCUT2D eigenvalue weighted by Gasteiger charge is -2.24. The van der Waals surface area contributed by atoms with Gasteiger partial charge in [0.25, 0.3) is 0 Å². The van der Waals surface area contributed by atoms with E-state index >= 15 is 0 Å². The van der Waals surface area contributed by atoms with Crippen LogP contribution in [-0.2, 0) is 0 Å². The lowest BCUT2D eigenvalue weighted by molar-refractivity contribution is 0.445. The molecule has 2 N–H and O–H groups in total. The first kappa shape index (κ1) is 7.61. The predicted molar refractivity (Wildman–Crippen MR) is 47.5 cm³/mol.